The third-order valence-corrected chi connectivity index (χ3v) is 3.61. The van der Waals surface area contributed by atoms with Crippen LogP contribution in [0, 0.1) is 0 Å². The fraction of sp³-hybridized carbons (Fsp3) is 0.538. The number of rotatable bonds is 3. The van der Waals surface area contributed by atoms with E-state index in [0.29, 0.717) is 6.10 Å². The minimum absolute atomic E-state index is 0.313. The Balaban J connectivity index is 2.15. The summed E-state index contributed by atoms with van der Waals surface area (Å²) in [6.07, 6.45) is 0.313. The van der Waals surface area contributed by atoms with Crippen molar-refractivity contribution in [2.75, 3.05) is 31.6 Å². The molecule has 1 fully saturated rings. The first-order valence-electron chi connectivity index (χ1n) is 6.00. The summed E-state index contributed by atoms with van der Waals surface area (Å²) in [7, 11) is 1.96. The Labute approximate surface area is 111 Å². The molecular formula is C13H19BrN2O. The third kappa shape index (κ3) is 3.21. The molecule has 94 valence electrons. The molecule has 0 radical (unpaired) electrons. The molecule has 1 unspecified atom stereocenters. The highest BCUT2D eigenvalue weighted by atomic mass is 79.9. The smallest absolute Gasteiger partial charge is 0.0722 e. The lowest BCUT2D eigenvalue weighted by molar-refractivity contribution is 0.0532. The fourth-order valence-electron chi connectivity index (χ4n) is 2.16. The molecule has 1 N–H and O–H groups in total. The zero-order valence-corrected chi connectivity index (χ0v) is 12.0. The zero-order chi connectivity index (χ0) is 12.3. The van der Waals surface area contributed by atoms with Crippen molar-refractivity contribution in [3.8, 4) is 0 Å². The number of nitrogens with one attached hydrogen (secondary N) is 1. The Morgan fingerprint density at radius 1 is 1.53 bits per heavy atom. The largest absolute Gasteiger partial charge is 0.375 e. The molecule has 0 saturated carbocycles. The number of morpholine rings is 1. The van der Waals surface area contributed by atoms with Gasteiger partial charge in [-0.2, -0.15) is 0 Å². The highest BCUT2D eigenvalue weighted by molar-refractivity contribution is 9.10. The standard InChI is InChI=1S/C13H19BrN2O/c1-10-9-16(5-6-17-10)13-4-3-11(8-15-2)7-12(13)14/h3-4,7,10,15H,5-6,8-9H2,1-2H3. The maximum Gasteiger partial charge on any atom is 0.0722 e. The molecule has 1 heterocycles. The average Bonchev–Trinajstić information content (AvgIpc) is 2.29. The van der Waals surface area contributed by atoms with Gasteiger partial charge in [-0.25, -0.2) is 0 Å². The number of ether oxygens (including phenoxy) is 1. The molecule has 1 aromatic carbocycles. The second-order valence-electron chi connectivity index (χ2n) is 4.44. The molecule has 1 aliphatic heterocycles. The highest BCUT2D eigenvalue weighted by Crippen LogP contribution is 2.28. The quantitative estimate of drug-likeness (QED) is 0.927. The van der Waals surface area contributed by atoms with Crippen molar-refractivity contribution in [2.24, 2.45) is 0 Å². The molecule has 0 bridgehead atoms. The summed E-state index contributed by atoms with van der Waals surface area (Å²) in [4.78, 5) is 2.38. The van der Waals surface area contributed by atoms with Crippen LogP contribution in [0.5, 0.6) is 0 Å². The molecule has 1 atom stereocenters. The lowest BCUT2D eigenvalue weighted by Gasteiger charge is -2.33. The van der Waals surface area contributed by atoms with Crippen molar-refractivity contribution in [1.82, 2.24) is 5.32 Å². The molecule has 1 aromatic rings. The van der Waals surface area contributed by atoms with Crippen molar-refractivity contribution in [3.05, 3.63) is 28.2 Å². The Bertz CT molecular complexity index is 384. The maximum atomic E-state index is 5.56. The summed E-state index contributed by atoms with van der Waals surface area (Å²) in [5, 5.41) is 3.16. The number of halogens is 1. The minimum atomic E-state index is 0.313. The van der Waals surface area contributed by atoms with E-state index in [4.69, 9.17) is 4.74 Å². The van der Waals surface area contributed by atoms with E-state index in [1.54, 1.807) is 0 Å². The van der Waals surface area contributed by atoms with Gasteiger partial charge in [-0.1, -0.05) is 6.07 Å². The summed E-state index contributed by atoms with van der Waals surface area (Å²) in [6, 6.07) is 6.55. The van der Waals surface area contributed by atoms with E-state index >= 15 is 0 Å². The summed E-state index contributed by atoms with van der Waals surface area (Å²) in [5.74, 6) is 0. The second-order valence-corrected chi connectivity index (χ2v) is 5.30. The Morgan fingerprint density at radius 2 is 2.35 bits per heavy atom. The van der Waals surface area contributed by atoms with E-state index in [1.165, 1.54) is 15.7 Å². The summed E-state index contributed by atoms with van der Waals surface area (Å²) in [6.45, 7) is 5.76. The molecule has 4 heteroatoms. The molecular weight excluding hydrogens is 280 g/mol. The van der Waals surface area contributed by atoms with Crippen LogP contribution in [0.1, 0.15) is 12.5 Å². The molecule has 2 rings (SSSR count). The van der Waals surface area contributed by atoms with E-state index in [-0.39, 0.29) is 0 Å². The van der Waals surface area contributed by atoms with E-state index in [1.807, 2.05) is 7.05 Å². The van der Waals surface area contributed by atoms with Crippen molar-refractivity contribution in [1.29, 1.82) is 0 Å². The van der Waals surface area contributed by atoms with Crippen molar-refractivity contribution in [3.63, 3.8) is 0 Å². The van der Waals surface area contributed by atoms with Crippen LogP contribution in [-0.4, -0.2) is 32.8 Å². The van der Waals surface area contributed by atoms with Gasteiger partial charge >= 0.3 is 0 Å². The Kier molecular flexibility index (Phi) is 4.42. The minimum Gasteiger partial charge on any atom is -0.375 e. The van der Waals surface area contributed by atoms with Gasteiger partial charge in [0, 0.05) is 24.1 Å². The molecule has 0 spiro atoms. The molecule has 1 saturated heterocycles. The molecule has 1 aliphatic rings. The zero-order valence-electron chi connectivity index (χ0n) is 10.4. The van der Waals surface area contributed by atoms with Crippen LogP contribution in [0.15, 0.2) is 22.7 Å². The Hall–Kier alpha value is -0.580. The lowest BCUT2D eigenvalue weighted by Crippen LogP contribution is -2.41. The highest BCUT2D eigenvalue weighted by Gasteiger charge is 2.18. The maximum absolute atomic E-state index is 5.56. The molecule has 0 aliphatic carbocycles. The number of hydrogen-bond donors (Lipinski definition) is 1. The predicted octanol–water partition coefficient (Wildman–Crippen LogP) is 2.39. The van der Waals surface area contributed by atoms with Gasteiger partial charge < -0.3 is 15.0 Å². The second kappa shape index (κ2) is 5.85. The van der Waals surface area contributed by atoms with Gasteiger partial charge in [0.25, 0.3) is 0 Å². The molecule has 0 aromatic heterocycles. The third-order valence-electron chi connectivity index (χ3n) is 2.97. The number of nitrogens with zero attached hydrogens (tertiary/aromatic N) is 1. The number of hydrogen-bond acceptors (Lipinski definition) is 3. The molecule has 17 heavy (non-hydrogen) atoms. The van der Waals surface area contributed by atoms with Gasteiger partial charge in [0.1, 0.15) is 0 Å². The van der Waals surface area contributed by atoms with E-state index in [2.05, 4.69) is 51.3 Å². The molecule has 0 amide bonds. The van der Waals surface area contributed by atoms with Crippen LogP contribution in [-0.2, 0) is 11.3 Å². The first-order valence-corrected chi connectivity index (χ1v) is 6.79. The number of anilines is 1. The van der Waals surface area contributed by atoms with Gasteiger partial charge in [0.05, 0.1) is 18.4 Å². The van der Waals surface area contributed by atoms with E-state index < -0.39 is 0 Å². The van der Waals surface area contributed by atoms with Gasteiger partial charge in [-0.15, -0.1) is 0 Å². The van der Waals surface area contributed by atoms with Crippen LogP contribution in [0.25, 0.3) is 0 Å². The van der Waals surface area contributed by atoms with Crippen LogP contribution in [0.4, 0.5) is 5.69 Å². The van der Waals surface area contributed by atoms with Gasteiger partial charge in [0.15, 0.2) is 0 Å². The van der Waals surface area contributed by atoms with Crippen LogP contribution >= 0.6 is 15.9 Å². The Morgan fingerprint density at radius 3 is 3.00 bits per heavy atom. The van der Waals surface area contributed by atoms with Crippen LogP contribution < -0.4 is 10.2 Å². The topological polar surface area (TPSA) is 24.5 Å². The van der Waals surface area contributed by atoms with Gasteiger partial charge in [-0.05, 0) is 47.6 Å². The summed E-state index contributed by atoms with van der Waals surface area (Å²) < 4.78 is 6.73. The van der Waals surface area contributed by atoms with Gasteiger partial charge in [-0.3, -0.25) is 0 Å². The van der Waals surface area contributed by atoms with E-state index in [0.717, 1.165) is 26.2 Å². The van der Waals surface area contributed by atoms with Crippen LogP contribution in [0.2, 0.25) is 0 Å². The molecule has 3 nitrogen and oxygen atoms in total. The number of benzene rings is 1. The SMILES string of the molecule is CNCc1ccc(N2CCOC(C)C2)c(Br)c1. The first kappa shape index (κ1) is 12.9. The first-order chi connectivity index (χ1) is 8.20. The fourth-order valence-corrected chi connectivity index (χ4v) is 2.84. The van der Waals surface area contributed by atoms with E-state index in [9.17, 15) is 0 Å². The lowest BCUT2D eigenvalue weighted by atomic mass is 10.1. The van der Waals surface area contributed by atoms with Crippen molar-refractivity contribution >= 4 is 21.6 Å². The monoisotopic (exact) mass is 298 g/mol. The van der Waals surface area contributed by atoms with Crippen molar-refractivity contribution < 1.29 is 4.74 Å². The normalized spacial score (nSPS) is 20.6. The average molecular weight is 299 g/mol. The van der Waals surface area contributed by atoms with Gasteiger partial charge in [0.2, 0.25) is 0 Å². The summed E-state index contributed by atoms with van der Waals surface area (Å²) >= 11 is 3.66. The van der Waals surface area contributed by atoms with Crippen molar-refractivity contribution in [2.45, 2.75) is 19.6 Å². The summed E-state index contributed by atoms with van der Waals surface area (Å²) in [5.41, 5.74) is 2.56. The predicted molar refractivity (Wildman–Crippen MR) is 74.5 cm³/mol. The van der Waals surface area contributed by atoms with Crippen LogP contribution in [0.3, 0.4) is 0 Å².